The van der Waals surface area contributed by atoms with Gasteiger partial charge in [0.05, 0.1) is 32.8 Å². The minimum atomic E-state index is -0.954. The lowest BCUT2D eigenvalue weighted by Gasteiger charge is -2.38. The largest absolute Gasteiger partial charge is 0.497 e. The molecule has 2 aliphatic carbocycles. The summed E-state index contributed by atoms with van der Waals surface area (Å²) in [5, 5.41) is 3.29. The quantitative estimate of drug-likeness (QED) is 0.482. The highest BCUT2D eigenvalue weighted by molar-refractivity contribution is 6.12. The lowest BCUT2D eigenvalue weighted by Crippen LogP contribution is -2.43. The van der Waals surface area contributed by atoms with E-state index in [1.807, 2.05) is 13.8 Å². The van der Waals surface area contributed by atoms with E-state index >= 15 is 0 Å². The minimum absolute atomic E-state index is 0.143. The Kier molecular flexibility index (Phi) is 7.19. The van der Waals surface area contributed by atoms with Crippen LogP contribution < -0.4 is 14.8 Å². The molecule has 1 aromatic rings. The number of hydrogen-bond donors (Lipinski definition) is 1. The number of nitrogens with one attached hydrogen (secondary N) is 1. The van der Waals surface area contributed by atoms with E-state index in [4.69, 9.17) is 18.9 Å². The van der Waals surface area contributed by atoms with E-state index in [9.17, 15) is 14.4 Å². The van der Waals surface area contributed by atoms with Crippen molar-refractivity contribution in [2.24, 2.45) is 11.8 Å². The second-order valence-electron chi connectivity index (χ2n) is 9.46. The van der Waals surface area contributed by atoms with Crippen LogP contribution in [0.4, 0.5) is 0 Å². The average molecular weight is 484 g/mol. The van der Waals surface area contributed by atoms with Crippen molar-refractivity contribution in [1.29, 1.82) is 0 Å². The summed E-state index contributed by atoms with van der Waals surface area (Å²) < 4.78 is 22.0. The zero-order valence-electron chi connectivity index (χ0n) is 20.9. The number of esters is 2. The van der Waals surface area contributed by atoms with Gasteiger partial charge < -0.3 is 24.3 Å². The van der Waals surface area contributed by atoms with Crippen LogP contribution in [0.3, 0.4) is 0 Å². The van der Waals surface area contributed by atoms with Crippen molar-refractivity contribution in [2.45, 2.75) is 58.0 Å². The van der Waals surface area contributed by atoms with Crippen LogP contribution in [-0.2, 0) is 23.9 Å². The second kappa shape index (κ2) is 10.1. The third kappa shape index (κ3) is 4.54. The van der Waals surface area contributed by atoms with Crippen molar-refractivity contribution >= 4 is 17.7 Å². The SMILES string of the molecule is COC(=O)[C@H]1C(=O)C2=C(C[C@H]1C)NC(C)=C(C(=O)OC1CCCC1)[C@@H]2c1cc(OC)ccc1OC. The van der Waals surface area contributed by atoms with Gasteiger partial charge in [-0.25, -0.2) is 4.79 Å². The molecule has 3 aliphatic rings. The summed E-state index contributed by atoms with van der Waals surface area (Å²) in [7, 11) is 4.37. The van der Waals surface area contributed by atoms with Gasteiger partial charge in [-0.2, -0.15) is 0 Å². The number of carbonyl (C=O) groups excluding carboxylic acids is 3. The third-order valence-electron chi connectivity index (χ3n) is 7.29. The van der Waals surface area contributed by atoms with Crippen LogP contribution in [-0.4, -0.2) is 45.2 Å². The van der Waals surface area contributed by atoms with Crippen LogP contribution in [0.25, 0.3) is 0 Å². The normalized spacial score (nSPS) is 24.6. The predicted octanol–water partition coefficient (Wildman–Crippen LogP) is 3.80. The fourth-order valence-electron chi connectivity index (χ4n) is 5.55. The lowest BCUT2D eigenvalue weighted by molar-refractivity contribution is -0.151. The molecule has 1 saturated carbocycles. The number of Topliss-reactive ketones (excluding diaryl/α,β-unsaturated/α-hetero) is 1. The van der Waals surface area contributed by atoms with Crippen molar-refractivity contribution in [3.8, 4) is 11.5 Å². The Labute approximate surface area is 205 Å². The van der Waals surface area contributed by atoms with Crippen molar-refractivity contribution in [3.05, 3.63) is 46.3 Å². The highest BCUT2D eigenvalue weighted by Crippen LogP contribution is 2.48. The number of hydrogen-bond acceptors (Lipinski definition) is 8. The zero-order valence-corrected chi connectivity index (χ0v) is 20.9. The Hall–Kier alpha value is -3.29. The number of ether oxygens (including phenoxy) is 4. The van der Waals surface area contributed by atoms with Crippen LogP contribution >= 0.6 is 0 Å². The summed E-state index contributed by atoms with van der Waals surface area (Å²) in [6.45, 7) is 3.67. The van der Waals surface area contributed by atoms with E-state index in [-0.39, 0.29) is 17.8 Å². The highest BCUT2D eigenvalue weighted by atomic mass is 16.5. The van der Waals surface area contributed by atoms with Gasteiger partial charge in [0.1, 0.15) is 23.5 Å². The molecule has 8 heteroatoms. The maximum absolute atomic E-state index is 13.9. The first-order valence-corrected chi connectivity index (χ1v) is 12.1. The van der Waals surface area contributed by atoms with Gasteiger partial charge in [0.25, 0.3) is 0 Å². The van der Waals surface area contributed by atoms with Crippen molar-refractivity contribution in [2.75, 3.05) is 21.3 Å². The fourth-order valence-corrected chi connectivity index (χ4v) is 5.55. The summed E-state index contributed by atoms with van der Waals surface area (Å²) in [4.78, 5) is 40.1. The van der Waals surface area contributed by atoms with Gasteiger partial charge in [0.2, 0.25) is 0 Å². The molecule has 1 fully saturated rings. The maximum Gasteiger partial charge on any atom is 0.337 e. The van der Waals surface area contributed by atoms with E-state index < -0.39 is 23.8 Å². The van der Waals surface area contributed by atoms with E-state index in [1.165, 1.54) is 14.2 Å². The standard InChI is InChI=1S/C27H33NO7/c1-14-12-19-24(25(29)21(14)26(30)34-5)23(18-13-17(32-3)10-11-20(18)33-4)22(15(2)28-19)27(31)35-16-8-6-7-9-16/h10-11,13-14,16,21,23,28H,6-9,12H2,1-5H3/t14-,21-,23+/m1/s1. The Bertz CT molecular complexity index is 1100. The molecule has 3 atom stereocenters. The molecule has 1 aromatic carbocycles. The Morgan fingerprint density at radius 1 is 1.06 bits per heavy atom. The molecule has 0 unspecified atom stereocenters. The number of carbonyl (C=O) groups is 3. The van der Waals surface area contributed by atoms with Crippen LogP contribution in [0.5, 0.6) is 11.5 Å². The molecular weight excluding hydrogens is 450 g/mol. The topological polar surface area (TPSA) is 100 Å². The molecule has 188 valence electrons. The summed E-state index contributed by atoms with van der Waals surface area (Å²) in [6.07, 6.45) is 4.02. The van der Waals surface area contributed by atoms with Gasteiger partial charge in [-0.1, -0.05) is 6.92 Å². The summed E-state index contributed by atoms with van der Waals surface area (Å²) in [5.74, 6) is -2.33. The molecule has 4 rings (SSSR count). The second-order valence-corrected chi connectivity index (χ2v) is 9.46. The Morgan fingerprint density at radius 3 is 2.40 bits per heavy atom. The van der Waals surface area contributed by atoms with E-state index in [2.05, 4.69) is 5.32 Å². The first-order chi connectivity index (χ1) is 16.8. The molecule has 0 aromatic heterocycles. The first-order valence-electron chi connectivity index (χ1n) is 12.1. The van der Waals surface area contributed by atoms with Gasteiger partial charge in [0.15, 0.2) is 5.78 Å². The van der Waals surface area contributed by atoms with Crippen LogP contribution in [0, 0.1) is 11.8 Å². The predicted molar refractivity (Wildman–Crippen MR) is 128 cm³/mol. The minimum Gasteiger partial charge on any atom is -0.497 e. The van der Waals surface area contributed by atoms with Gasteiger partial charge >= 0.3 is 11.9 Å². The zero-order chi connectivity index (χ0) is 25.3. The van der Waals surface area contributed by atoms with Crippen LogP contribution in [0.2, 0.25) is 0 Å². The van der Waals surface area contributed by atoms with E-state index in [0.717, 1.165) is 25.7 Å². The monoisotopic (exact) mass is 483 g/mol. The number of allylic oxidation sites excluding steroid dienone is 3. The van der Waals surface area contributed by atoms with Crippen molar-refractivity contribution in [1.82, 2.24) is 5.32 Å². The van der Waals surface area contributed by atoms with Crippen molar-refractivity contribution in [3.63, 3.8) is 0 Å². The number of rotatable bonds is 6. The number of benzene rings is 1. The molecule has 1 N–H and O–H groups in total. The maximum atomic E-state index is 13.9. The molecule has 0 saturated heterocycles. The number of methoxy groups -OCH3 is 3. The molecule has 1 aliphatic heterocycles. The molecule has 0 radical (unpaired) electrons. The van der Waals surface area contributed by atoms with Gasteiger partial charge in [-0.3, -0.25) is 9.59 Å². The molecule has 35 heavy (non-hydrogen) atoms. The molecule has 8 nitrogen and oxygen atoms in total. The molecule has 0 bridgehead atoms. The fraction of sp³-hybridized carbons (Fsp3) is 0.519. The number of dihydropyridines is 1. The first kappa shape index (κ1) is 24.8. The average Bonchev–Trinajstić information content (AvgIpc) is 3.35. The highest BCUT2D eigenvalue weighted by Gasteiger charge is 2.48. The molecule has 0 spiro atoms. The lowest BCUT2D eigenvalue weighted by atomic mass is 9.69. The molecular formula is C27H33NO7. The Morgan fingerprint density at radius 2 is 1.77 bits per heavy atom. The van der Waals surface area contributed by atoms with Gasteiger partial charge in [-0.15, -0.1) is 0 Å². The molecule has 0 amide bonds. The van der Waals surface area contributed by atoms with Crippen molar-refractivity contribution < 1.29 is 33.3 Å². The van der Waals surface area contributed by atoms with Gasteiger partial charge in [-0.05, 0) is 63.1 Å². The van der Waals surface area contributed by atoms with Gasteiger partial charge in [0, 0.05) is 22.5 Å². The smallest absolute Gasteiger partial charge is 0.337 e. The third-order valence-corrected chi connectivity index (χ3v) is 7.29. The summed E-state index contributed by atoms with van der Waals surface area (Å²) >= 11 is 0. The van der Waals surface area contributed by atoms with Crippen LogP contribution in [0.15, 0.2) is 40.7 Å². The van der Waals surface area contributed by atoms with E-state index in [0.29, 0.717) is 46.0 Å². The molecule has 1 heterocycles. The van der Waals surface area contributed by atoms with E-state index in [1.54, 1.807) is 25.3 Å². The summed E-state index contributed by atoms with van der Waals surface area (Å²) in [6, 6.07) is 5.28. The van der Waals surface area contributed by atoms with Crippen LogP contribution in [0.1, 0.15) is 57.4 Å². The number of ketones is 1. The Balaban J connectivity index is 1.88. The summed E-state index contributed by atoms with van der Waals surface area (Å²) in [5.41, 5.74) is 2.64.